The first kappa shape index (κ1) is 41.7. The summed E-state index contributed by atoms with van der Waals surface area (Å²) in [7, 11) is 0. The molecule has 5 N–H and O–H groups in total. The van der Waals surface area contributed by atoms with E-state index in [-0.39, 0.29) is 30.2 Å². The zero-order chi connectivity index (χ0) is 40.2. The molecular formula is C44H56N6O6. The number of rotatable bonds is 19. The molecule has 1 fully saturated rings. The first-order valence-corrected chi connectivity index (χ1v) is 19.7. The van der Waals surface area contributed by atoms with E-state index in [1.54, 1.807) is 16.0 Å². The molecule has 0 bridgehead atoms. The van der Waals surface area contributed by atoms with Gasteiger partial charge in [0.15, 0.2) is 0 Å². The quantitative estimate of drug-likeness (QED) is 0.0809. The molecule has 0 aliphatic carbocycles. The zero-order valence-electron chi connectivity index (χ0n) is 32.8. The van der Waals surface area contributed by atoms with E-state index in [1.807, 2.05) is 119 Å². The van der Waals surface area contributed by atoms with Gasteiger partial charge in [-0.1, -0.05) is 119 Å². The van der Waals surface area contributed by atoms with Crippen LogP contribution in [0.15, 0.2) is 97.2 Å². The third-order valence-corrected chi connectivity index (χ3v) is 11.1. The Hall–Kier alpha value is -5.49. The van der Waals surface area contributed by atoms with Crippen LogP contribution in [-0.4, -0.2) is 92.3 Å². The van der Waals surface area contributed by atoms with Crippen LogP contribution < -0.4 is 16.0 Å². The number of fused-ring (bicyclic) bond motifs is 1. The predicted octanol–water partition coefficient (Wildman–Crippen LogP) is 5.78. The van der Waals surface area contributed by atoms with Crippen LogP contribution in [0.2, 0.25) is 0 Å². The van der Waals surface area contributed by atoms with Crippen LogP contribution in [-0.2, 0) is 29.0 Å². The number of nitrogens with zero attached hydrogens (tertiary/aromatic N) is 3. The Bertz CT molecular complexity index is 1910. The number of hydrogen-bond acceptors (Lipinski definition) is 6. The van der Waals surface area contributed by atoms with Crippen LogP contribution >= 0.6 is 0 Å². The van der Waals surface area contributed by atoms with Crippen molar-refractivity contribution in [1.29, 1.82) is 0 Å². The molecule has 12 nitrogen and oxygen atoms in total. The lowest BCUT2D eigenvalue weighted by atomic mass is 9.91. The fraction of sp³-hybridized carbons (Fsp3) is 0.432. The van der Waals surface area contributed by atoms with Crippen LogP contribution in [0.1, 0.15) is 63.6 Å². The number of urea groups is 1. The van der Waals surface area contributed by atoms with Gasteiger partial charge in [-0.3, -0.25) is 14.6 Å². The van der Waals surface area contributed by atoms with Gasteiger partial charge < -0.3 is 36.0 Å². The van der Waals surface area contributed by atoms with E-state index in [0.717, 1.165) is 27.6 Å². The molecule has 7 unspecified atom stereocenters. The van der Waals surface area contributed by atoms with Crippen molar-refractivity contribution in [1.82, 2.24) is 30.7 Å². The standard InChI is InChI=1S/C44H56N6O6/c1-5-29(3)39(48-43(54)55)41(52)46-34(25-31-15-9-7-10-16-31)27-38(51)37(26-32-17-11-8-12-18-32)47-42(53)40(30(4)6-2)50-24-23-49(44(50)56)28-33-21-22-45-36-20-14-13-19-35(33)36/h7-22,29-30,34,37-40,48,51H,5-6,23-28H2,1-4H3,(H,46,52)(H,47,53)(H,54,55). The fourth-order valence-electron chi connectivity index (χ4n) is 7.53. The van der Waals surface area contributed by atoms with Gasteiger partial charge in [0.2, 0.25) is 11.8 Å². The van der Waals surface area contributed by atoms with Crippen molar-refractivity contribution >= 4 is 34.8 Å². The molecule has 1 aliphatic heterocycles. The normalized spacial score (nSPS) is 16.7. The maximum atomic E-state index is 14.5. The van der Waals surface area contributed by atoms with Gasteiger partial charge in [-0.25, -0.2) is 9.59 Å². The Labute approximate surface area is 329 Å². The molecule has 5 amide bonds. The molecule has 56 heavy (non-hydrogen) atoms. The highest BCUT2D eigenvalue weighted by Crippen LogP contribution is 2.25. The van der Waals surface area contributed by atoms with E-state index in [4.69, 9.17) is 0 Å². The molecule has 7 atom stereocenters. The van der Waals surface area contributed by atoms with E-state index in [0.29, 0.717) is 45.3 Å². The number of hydrogen-bond donors (Lipinski definition) is 5. The summed E-state index contributed by atoms with van der Waals surface area (Å²) >= 11 is 0. The van der Waals surface area contributed by atoms with Crippen LogP contribution in [0.4, 0.5) is 9.59 Å². The lowest BCUT2D eigenvalue weighted by molar-refractivity contribution is -0.129. The van der Waals surface area contributed by atoms with Crippen LogP contribution in [0.5, 0.6) is 0 Å². The van der Waals surface area contributed by atoms with Crippen molar-refractivity contribution in [3.63, 3.8) is 0 Å². The van der Waals surface area contributed by atoms with Crippen molar-refractivity contribution in [3.8, 4) is 0 Å². The molecule has 2 heterocycles. The SMILES string of the molecule is CCC(C)C(NC(=O)O)C(=O)NC(Cc1ccccc1)CC(O)C(Cc1ccccc1)NC(=O)C(C(C)CC)N1CCN(Cc2ccnc3ccccc23)C1=O. The smallest absolute Gasteiger partial charge is 0.405 e. The molecule has 0 radical (unpaired) electrons. The summed E-state index contributed by atoms with van der Waals surface area (Å²) in [5, 5.41) is 31.1. The van der Waals surface area contributed by atoms with Gasteiger partial charge in [-0.05, 0) is 59.9 Å². The number of aromatic nitrogens is 1. The lowest BCUT2D eigenvalue weighted by Crippen LogP contribution is -2.57. The third kappa shape index (κ3) is 10.8. The number of carbonyl (C=O) groups excluding carboxylic acids is 3. The van der Waals surface area contributed by atoms with E-state index < -0.39 is 42.3 Å². The predicted molar refractivity (Wildman–Crippen MR) is 217 cm³/mol. The average Bonchev–Trinajstić information content (AvgIpc) is 3.55. The highest BCUT2D eigenvalue weighted by molar-refractivity contribution is 5.89. The van der Waals surface area contributed by atoms with Gasteiger partial charge in [0.25, 0.3) is 0 Å². The number of amides is 5. The minimum absolute atomic E-state index is 0.0724. The first-order chi connectivity index (χ1) is 27.0. The van der Waals surface area contributed by atoms with Crippen molar-refractivity contribution < 1.29 is 29.4 Å². The van der Waals surface area contributed by atoms with E-state index in [9.17, 15) is 29.4 Å². The van der Waals surface area contributed by atoms with Gasteiger partial charge in [0.1, 0.15) is 12.1 Å². The van der Waals surface area contributed by atoms with Crippen LogP contribution in [0, 0.1) is 11.8 Å². The number of benzene rings is 3. The summed E-state index contributed by atoms with van der Waals surface area (Å²) in [5.41, 5.74) is 3.66. The molecule has 4 aromatic rings. The number of aliphatic hydroxyl groups is 1. The number of nitrogens with one attached hydrogen (secondary N) is 3. The van der Waals surface area contributed by atoms with Crippen LogP contribution in [0.3, 0.4) is 0 Å². The summed E-state index contributed by atoms with van der Waals surface area (Å²) in [6, 6.07) is 25.5. The van der Waals surface area contributed by atoms with Crippen molar-refractivity contribution in [2.75, 3.05) is 13.1 Å². The van der Waals surface area contributed by atoms with Gasteiger partial charge in [-0.2, -0.15) is 0 Å². The monoisotopic (exact) mass is 764 g/mol. The Balaban J connectivity index is 1.38. The average molecular weight is 765 g/mol. The Morgan fingerprint density at radius 1 is 0.768 bits per heavy atom. The number of aliphatic hydroxyl groups excluding tert-OH is 1. The van der Waals surface area contributed by atoms with E-state index in [1.165, 1.54) is 0 Å². The molecule has 3 aromatic carbocycles. The van der Waals surface area contributed by atoms with E-state index in [2.05, 4.69) is 20.9 Å². The second-order valence-corrected chi connectivity index (χ2v) is 15.0. The zero-order valence-corrected chi connectivity index (χ0v) is 32.8. The van der Waals surface area contributed by atoms with Gasteiger partial charge >= 0.3 is 12.1 Å². The summed E-state index contributed by atoms with van der Waals surface area (Å²) in [6.45, 7) is 8.88. The molecule has 1 aromatic heterocycles. The van der Waals surface area contributed by atoms with Gasteiger partial charge in [-0.15, -0.1) is 0 Å². The Kier molecular flexibility index (Phi) is 14.8. The molecule has 5 rings (SSSR count). The molecule has 0 spiro atoms. The highest BCUT2D eigenvalue weighted by Gasteiger charge is 2.41. The molecule has 298 valence electrons. The summed E-state index contributed by atoms with van der Waals surface area (Å²) in [5.74, 6) is -1.29. The maximum Gasteiger partial charge on any atom is 0.405 e. The minimum atomic E-state index is -1.29. The Morgan fingerprint density at radius 2 is 1.39 bits per heavy atom. The first-order valence-electron chi connectivity index (χ1n) is 19.7. The summed E-state index contributed by atoms with van der Waals surface area (Å²) in [4.78, 5) is 61.7. The van der Waals surface area contributed by atoms with Crippen molar-refractivity contribution in [2.24, 2.45) is 11.8 Å². The number of carbonyl (C=O) groups is 4. The summed E-state index contributed by atoms with van der Waals surface area (Å²) in [6.07, 6.45) is 1.30. The summed E-state index contributed by atoms with van der Waals surface area (Å²) < 4.78 is 0. The number of para-hydroxylation sites is 1. The largest absolute Gasteiger partial charge is 0.465 e. The molecule has 12 heteroatoms. The molecular weight excluding hydrogens is 709 g/mol. The molecule has 0 saturated carbocycles. The number of pyridine rings is 1. The van der Waals surface area contributed by atoms with Gasteiger partial charge in [0.05, 0.1) is 17.7 Å². The van der Waals surface area contributed by atoms with Gasteiger partial charge in [0, 0.05) is 37.3 Å². The Morgan fingerprint density at radius 3 is 2.04 bits per heavy atom. The topological polar surface area (TPSA) is 164 Å². The van der Waals surface area contributed by atoms with E-state index >= 15 is 0 Å². The molecule has 1 aliphatic rings. The van der Waals surface area contributed by atoms with Crippen molar-refractivity contribution in [2.45, 2.75) is 96.6 Å². The number of carboxylic acid groups (broad SMARTS) is 1. The minimum Gasteiger partial charge on any atom is -0.465 e. The fourth-order valence-corrected chi connectivity index (χ4v) is 7.53. The molecule has 1 saturated heterocycles. The second-order valence-electron chi connectivity index (χ2n) is 15.0. The lowest BCUT2D eigenvalue weighted by Gasteiger charge is -2.34. The maximum absolute atomic E-state index is 14.5. The second kappa shape index (κ2) is 19.9. The third-order valence-electron chi connectivity index (χ3n) is 11.1. The van der Waals surface area contributed by atoms with Crippen molar-refractivity contribution in [3.05, 3.63) is 114 Å². The van der Waals surface area contributed by atoms with Crippen LogP contribution in [0.25, 0.3) is 10.9 Å². The highest BCUT2D eigenvalue weighted by atomic mass is 16.4.